The van der Waals surface area contributed by atoms with Gasteiger partial charge in [0.2, 0.25) is 15.9 Å². The lowest BCUT2D eigenvalue weighted by atomic mass is 9.76. The normalized spacial score (nSPS) is 25.5. The van der Waals surface area contributed by atoms with Crippen LogP contribution in [0.25, 0.3) is 0 Å². The van der Waals surface area contributed by atoms with Crippen molar-refractivity contribution >= 4 is 15.9 Å². The number of rotatable bonds is 10. The fourth-order valence-corrected chi connectivity index (χ4v) is 7.56. The zero-order valence-electron chi connectivity index (χ0n) is 22.1. The molecule has 202 valence electrons. The summed E-state index contributed by atoms with van der Waals surface area (Å²) in [6.45, 7) is 2.07. The smallest absolute Gasteiger partial charge is 0.243 e. The molecule has 2 saturated carbocycles. The maximum atomic E-state index is 13.5. The lowest BCUT2D eigenvalue weighted by molar-refractivity contribution is -0.122. The Hall–Kier alpha value is -2.22. The molecule has 1 unspecified atom stereocenters. The summed E-state index contributed by atoms with van der Waals surface area (Å²) in [6, 6.07) is 18.8. The van der Waals surface area contributed by atoms with E-state index < -0.39 is 10.0 Å². The van der Waals surface area contributed by atoms with Crippen LogP contribution in [0.3, 0.4) is 0 Å². The number of carbonyl (C=O) groups excluding carboxylic acids is 1. The van der Waals surface area contributed by atoms with Crippen LogP contribution in [0.4, 0.5) is 0 Å². The molecule has 0 aliphatic heterocycles. The van der Waals surface area contributed by atoms with Crippen molar-refractivity contribution in [2.24, 2.45) is 17.6 Å². The van der Waals surface area contributed by atoms with Crippen LogP contribution >= 0.6 is 0 Å². The highest BCUT2D eigenvalue weighted by molar-refractivity contribution is 7.89. The third-order valence-electron chi connectivity index (χ3n) is 8.32. The SMILES string of the molecule is CC(CN(CC(=O)NC1CCC(CC2CCC(N)CC2)CC1)S(=O)(=O)c1ccccc1)c1ccccc1. The molecule has 6 nitrogen and oxygen atoms in total. The summed E-state index contributed by atoms with van der Waals surface area (Å²) in [5, 5.41) is 3.15. The molecule has 0 heterocycles. The van der Waals surface area contributed by atoms with Crippen LogP contribution in [-0.4, -0.2) is 43.8 Å². The fraction of sp³-hybridized carbons (Fsp3) is 0.567. The van der Waals surface area contributed by atoms with Crippen molar-refractivity contribution in [1.29, 1.82) is 0 Å². The molecule has 2 aliphatic carbocycles. The van der Waals surface area contributed by atoms with Gasteiger partial charge in [0.1, 0.15) is 0 Å². The fourth-order valence-electron chi connectivity index (χ4n) is 6.05. The van der Waals surface area contributed by atoms with E-state index in [2.05, 4.69) is 5.32 Å². The molecule has 0 radical (unpaired) electrons. The predicted molar refractivity (Wildman–Crippen MR) is 148 cm³/mol. The van der Waals surface area contributed by atoms with Crippen LogP contribution in [0.1, 0.15) is 76.2 Å². The third kappa shape index (κ3) is 7.88. The Kier molecular flexibility index (Phi) is 9.79. The number of carbonyl (C=O) groups is 1. The molecule has 3 N–H and O–H groups in total. The molecule has 2 fully saturated rings. The Morgan fingerprint density at radius 3 is 2.03 bits per heavy atom. The monoisotopic (exact) mass is 525 g/mol. The predicted octanol–water partition coefficient (Wildman–Crippen LogP) is 5.06. The minimum atomic E-state index is -3.81. The van der Waals surface area contributed by atoms with Crippen molar-refractivity contribution in [1.82, 2.24) is 9.62 Å². The highest BCUT2D eigenvalue weighted by atomic mass is 32.2. The van der Waals surface area contributed by atoms with E-state index in [1.165, 1.54) is 23.6 Å². The molecule has 0 saturated heterocycles. The molecule has 0 bridgehead atoms. The summed E-state index contributed by atoms with van der Waals surface area (Å²) in [5.41, 5.74) is 7.11. The Labute approximate surface area is 223 Å². The van der Waals surface area contributed by atoms with Gasteiger partial charge in [0.05, 0.1) is 11.4 Å². The van der Waals surface area contributed by atoms with Gasteiger partial charge in [0.15, 0.2) is 0 Å². The maximum Gasteiger partial charge on any atom is 0.243 e. The molecule has 2 aromatic rings. The first-order chi connectivity index (χ1) is 17.8. The van der Waals surface area contributed by atoms with Gasteiger partial charge in [0, 0.05) is 18.6 Å². The first-order valence-corrected chi connectivity index (χ1v) is 15.4. The quantitative estimate of drug-likeness (QED) is 0.453. The average Bonchev–Trinajstić information content (AvgIpc) is 2.91. The molecular weight excluding hydrogens is 482 g/mol. The zero-order chi connectivity index (χ0) is 26.3. The second kappa shape index (κ2) is 13.0. The number of amides is 1. The minimum Gasteiger partial charge on any atom is -0.352 e. The van der Waals surface area contributed by atoms with Crippen LogP contribution in [-0.2, 0) is 14.8 Å². The summed E-state index contributed by atoms with van der Waals surface area (Å²) in [5.74, 6) is 1.27. The van der Waals surface area contributed by atoms with Crippen molar-refractivity contribution in [3.05, 3.63) is 66.2 Å². The highest BCUT2D eigenvalue weighted by Gasteiger charge is 2.31. The topological polar surface area (TPSA) is 92.5 Å². The summed E-state index contributed by atoms with van der Waals surface area (Å²) < 4.78 is 28.4. The van der Waals surface area contributed by atoms with E-state index in [1.807, 2.05) is 37.3 Å². The zero-order valence-corrected chi connectivity index (χ0v) is 22.9. The number of hydrogen-bond acceptors (Lipinski definition) is 4. The van der Waals surface area contributed by atoms with E-state index in [0.717, 1.165) is 55.9 Å². The number of benzene rings is 2. The van der Waals surface area contributed by atoms with Crippen LogP contribution in [0.15, 0.2) is 65.6 Å². The summed E-state index contributed by atoms with van der Waals surface area (Å²) >= 11 is 0. The van der Waals surface area contributed by atoms with Gasteiger partial charge in [-0.3, -0.25) is 4.79 Å². The van der Waals surface area contributed by atoms with Crippen LogP contribution in [0, 0.1) is 11.8 Å². The van der Waals surface area contributed by atoms with Gasteiger partial charge in [-0.15, -0.1) is 0 Å². The third-order valence-corrected chi connectivity index (χ3v) is 10.1. The van der Waals surface area contributed by atoms with Crippen LogP contribution < -0.4 is 11.1 Å². The lowest BCUT2D eigenvalue weighted by Crippen LogP contribution is -2.46. The van der Waals surface area contributed by atoms with Crippen LogP contribution in [0.2, 0.25) is 0 Å². The number of nitrogens with one attached hydrogen (secondary N) is 1. The molecule has 37 heavy (non-hydrogen) atoms. The number of sulfonamides is 1. The van der Waals surface area contributed by atoms with Gasteiger partial charge in [-0.1, -0.05) is 55.5 Å². The Balaban J connectivity index is 1.34. The summed E-state index contributed by atoms with van der Waals surface area (Å²) in [7, 11) is -3.81. The van der Waals surface area contributed by atoms with E-state index in [9.17, 15) is 13.2 Å². The molecule has 7 heteroatoms. The molecule has 2 aliphatic rings. The molecule has 2 aromatic carbocycles. The Morgan fingerprint density at radius 1 is 0.892 bits per heavy atom. The van der Waals surface area contributed by atoms with Crippen LogP contribution in [0.5, 0.6) is 0 Å². The van der Waals surface area contributed by atoms with Gasteiger partial charge in [0.25, 0.3) is 0 Å². The summed E-state index contributed by atoms with van der Waals surface area (Å²) in [6.07, 6.45) is 10.3. The van der Waals surface area contributed by atoms with E-state index in [4.69, 9.17) is 5.73 Å². The van der Waals surface area contributed by atoms with Gasteiger partial charge < -0.3 is 11.1 Å². The van der Waals surface area contributed by atoms with E-state index in [-0.39, 0.29) is 35.9 Å². The number of nitrogens with two attached hydrogens (primary N) is 1. The average molecular weight is 526 g/mol. The van der Waals surface area contributed by atoms with Crippen molar-refractivity contribution in [2.75, 3.05) is 13.1 Å². The molecule has 1 atom stereocenters. The summed E-state index contributed by atoms with van der Waals surface area (Å²) in [4.78, 5) is 13.3. The van der Waals surface area contributed by atoms with E-state index in [0.29, 0.717) is 6.04 Å². The standard InChI is InChI=1S/C30H43N3O3S/c1-23(26-8-4-2-5-9-26)21-33(37(35,36)29-10-6-3-7-11-29)22-30(34)32-28-18-14-25(15-19-28)20-24-12-16-27(31)17-13-24/h2-11,23-25,27-28H,12-22,31H2,1H3,(H,32,34). The van der Waals surface area contributed by atoms with Gasteiger partial charge in [-0.05, 0) is 93.2 Å². The largest absolute Gasteiger partial charge is 0.352 e. The highest BCUT2D eigenvalue weighted by Crippen LogP contribution is 2.35. The molecular formula is C30H43N3O3S. The maximum absolute atomic E-state index is 13.5. The lowest BCUT2D eigenvalue weighted by Gasteiger charge is -2.34. The number of hydrogen-bond donors (Lipinski definition) is 2. The number of nitrogens with zero attached hydrogens (tertiary/aromatic N) is 1. The van der Waals surface area contributed by atoms with Gasteiger partial charge in [-0.2, -0.15) is 4.31 Å². The van der Waals surface area contributed by atoms with Crippen molar-refractivity contribution in [3.8, 4) is 0 Å². The van der Waals surface area contributed by atoms with E-state index >= 15 is 0 Å². The van der Waals surface area contributed by atoms with Crippen molar-refractivity contribution < 1.29 is 13.2 Å². The molecule has 1 amide bonds. The Bertz CT molecular complexity index is 1080. The van der Waals surface area contributed by atoms with Gasteiger partial charge >= 0.3 is 0 Å². The first-order valence-electron chi connectivity index (χ1n) is 14.0. The minimum absolute atomic E-state index is 0.0442. The van der Waals surface area contributed by atoms with Gasteiger partial charge in [-0.25, -0.2) is 8.42 Å². The molecule has 4 rings (SSSR count). The van der Waals surface area contributed by atoms with Crippen molar-refractivity contribution in [3.63, 3.8) is 0 Å². The second-order valence-electron chi connectivity index (χ2n) is 11.2. The Morgan fingerprint density at radius 2 is 1.43 bits per heavy atom. The molecule has 0 spiro atoms. The van der Waals surface area contributed by atoms with Crippen molar-refractivity contribution in [2.45, 2.75) is 87.6 Å². The molecule has 0 aromatic heterocycles. The second-order valence-corrected chi connectivity index (χ2v) is 13.2. The first kappa shape index (κ1) is 27.8. The van der Waals surface area contributed by atoms with E-state index in [1.54, 1.807) is 30.3 Å².